The molecule has 2 nitrogen and oxygen atoms in total. The zero-order valence-corrected chi connectivity index (χ0v) is 9.66. The van der Waals surface area contributed by atoms with Crippen LogP contribution in [0.15, 0.2) is 30.3 Å². The first-order valence-corrected chi connectivity index (χ1v) is 5.50. The van der Waals surface area contributed by atoms with Crippen LogP contribution in [0.2, 0.25) is 0 Å². The fourth-order valence-corrected chi connectivity index (χ4v) is 1.22. The maximum atomic E-state index is 11.3. The summed E-state index contributed by atoms with van der Waals surface area (Å²) in [6.45, 7) is 2.01. The van der Waals surface area contributed by atoms with Crippen molar-refractivity contribution in [3.05, 3.63) is 30.3 Å². The molecule has 0 aromatic heterocycles. The molecule has 1 aromatic rings. The van der Waals surface area contributed by atoms with Crippen molar-refractivity contribution in [2.75, 3.05) is 0 Å². The topological polar surface area (TPSA) is 26.3 Å². The van der Waals surface area contributed by atoms with E-state index in [1.807, 2.05) is 25.1 Å². The van der Waals surface area contributed by atoms with E-state index in [2.05, 4.69) is 15.9 Å². The lowest BCUT2D eigenvalue weighted by atomic mass is 10.2. The molecule has 1 atom stereocenters. The molecule has 14 heavy (non-hydrogen) atoms. The fourth-order valence-electron chi connectivity index (χ4n) is 0.988. The predicted molar refractivity (Wildman–Crippen MR) is 59.7 cm³/mol. The Morgan fingerprint density at radius 3 is 2.64 bits per heavy atom. The van der Waals surface area contributed by atoms with Gasteiger partial charge in [-0.15, -0.1) is 0 Å². The fraction of sp³-hybridized carbons (Fsp3) is 0.364. The van der Waals surface area contributed by atoms with Crippen LogP contribution in [0.3, 0.4) is 0 Å². The minimum Gasteiger partial charge on any atom is -0.427 e. The number of halogens is 1. The van der Waals surface area contributed by atoms with Crippen molar-refractivity contribution in [1.29, 1.82) is 0 Å². The van der Waals surface area contributed by atoms with Crippen LogP contribution in [0.25, 0.3) is 0 Å². The van der Waals surface area contributed by atoms with Crippen LogP contribution < -0.4 is 4.74 Å². The molecule has 0 aliphatic rings. The number of carbonyl (C=O) groups is 1. The van der Waals surface area contributed by atoms with Crippen LogP contribution in [-0.4, -0.2) is 10.8 Å². The smallest absolute Gasteiger partial charge is 0.311 e. The Balaban J connectivity index is 2.35. The zero-order chi connectivity index (χ0) is 10.4. The number of hydrogen-bond donors (Lipinski definition) is 0. The maximum Gasteiger partial charge on any atom is 0.311 e. The van der Waals surface area contributed by atoms with Gasteiger partial charge < -0.3 is 4.74 Å². The van der Waals surface area contributed by atoms with Crippen molar-refractivity contribution in [1.82, 2.24) is 0 Å². The summed E-state index contributed by atoms with van der Waals surface area (Å²) in [6, 6.07) is 9.12. The normalized spacial score (nSPS) is 12.1. The minimum atomic E-state index is -0.178. The Bertz CT molecular complexity index is 283. The van der Waals surface area contributed by atoms with Crippen LogP contribution in [0.5, 0.6) is 5.75 Å². The number of rotatable bonds is 4. The number of carbonyl (C=O) groups excluding carboxylic acids is 1. The molecule has 0 unspecified atom stereocenters. The van der Waals surface area contributed by atoms with E-state index < -0.39 is 0 Å². The molecule has 0 heterocycles. The van der Waals surface area contributed by atoms with Crippen LogP contribution in [0, 0.1) is 0 Å². The van der Waals surface area contributed by atoms with Crippen LogP contribution in [0.1, 0.15) is 19.8 Å². The number of hydrogen-bond acceptors (Lipinski definition) is 2. The highest BCUT2D eigenvalue weighted by atomic mass is 79.9. The summed E-state index contributed by atoms with van der Waals surface area (Å²) in [7, 11) is 0. The van der Waals surface area contributed by atoms with Crippen molar-refractivity contribution < 1.29 is 9.53 Å². The number of esters is 1. The lowest BCUT2D eigenvalue weighted by molar-refractivity contribution is -0.134. The summed E-state index contributed by atoms with van der Waals surface area (Å²) in [5.41, 5.74) is 0. The molecule has 0 bridgehead atoms. The maximum absolute atomic E-state index is 11.3. The van der Waals surface area contributed by atoms with Gasteiger partial charge in [-0.1, -0.05) is 41.1 Å². The van der Waals surface area contributed by atoms with Gasteiger partial charge in [-0.25, -0.2) is 0 Å². The van der Waals surface area contributed by atoms with Crippen molar-refractivity contribution in [3.63, 3.8) is 0 Å². The van der Waals surface area contributed by atoms with Crippen molar-refractivity contribution >= 4 is 21.9 Å². The number of benzene rings is 1. The largest absolute Gasteiger partial charge is 0.427 e. The van der Waals surface area contributed by atoms with Gasteiger partial charge >= 0.3 is 5.97 Å². The van der Waals surface area contributed by atoms with Gasteiger partial charge in [-0.05, 0) is 18.6 Å². The van der Waals surface area contributed by atoms with Gasteiger partial charge in [0.15, 0.2) is 0 Å². The van der Waals surface area contributed by atoms with Gasteiger partial charge in [0, 0.05) is 11.2 Å². The first kappa shape index (κ1) is 11.2. The average molecular weight is 257 g/mol. The second-order valence-electron chi connectivity index (χ2n) is 3.11. The van der Waals surface area contributed by atoms with Gasteiger partial charge in [0.2, 0.25) is 0 Å². The first-order chi connectivity index (χ1) is 6.68. The average Bonchev–Trinajstić information content (AvgIpc) is 2.16. The first-order valence-electron chi connectivity index (χ1n) is 4.58. The van der Waals surface area contributed by atoms with Gasteiger partial charge in [-0.3, -0.25) is 4.79 Å². The molecule has 0 radical (unpaired) electrons. The van der Waals surface area contributed by atoms with Gasteiger partial charge in [0.1, 0.15) is 5.75 Å². The summed E-state index contributed by atoms with van der Waals surface area (Å²) < 4.78 is 5.11. The highest BCUT2D eigenvalue weighted by molar-refractivity contribution is 9.09. The lowest BCUT2D eigenvalue weighted by Gasteiger charge is -2.04. The summed E-state index contributed by atoms with van der Waals surface area (Å²) in [5, 5.41) is 0. The second-order valence-corrected chi connectivity index (χ2v) is 4.67. The van der Waals surface area contributed by atoms with Crippen molar-refractivity contribution in [3.8, 4) is 5.75 Å². The van der Waals surface area contributed by atoms with Gasteiger partial charge in [0.25, 0.3) is 0 Å². The van der Waals surface area contributed by atoms with E-state index in [1.54, 1.807) is 12.1 Å². The molecular formula is C11H13BrO2. The molecule has 0 amide bonds. The molecule has 3 heteroatoms. The van der Waals surface area contributed by atoms with Gasteiger partial charge in [-0.2, -0.15) is 0 Å². The minimum absolute atomic E-state index is 0.178. The van der Waals surface area contributed by atoms with Crippen LogP contribution >= 0.6 is 15.9 Å². The van der Waals surface area contributed by atoms with E-state index in [0.717, 1.165) is 6.42 Å². The lowest BCUT2D eigenvalue weighted by Crippen LogP contribution is -2.09. The van der Waals surface area contributed by atoms with E-state index in [9.17, 15) is 4.79 Å². The monoisotopic (exact) mass is 256 g/mol. The van der Waals surface area contributed by atoms with E-state index in [0.29, 0.717) is 17.0 Å². The SMILES string of the molecule is C[C@@H](Br)CCC(=O)Oc1ccccc1. The molecule has 0 fully saturated rings. The molecule has 0 N–H and O–H groups in total. The molecule has 1 aromatic carbocycles. The van der Waals surface area contributed by atoms with Crippen LogP contribution in [0.4, 0.5) is 0 Å². The Morgan fingerprint density at radius 1 is 1.43 bits per heavy atom. The molecule has 1 rings (SSSR count). The standard InChI is InChI=1S/C11H13BrO2/c1-9(12)7-8-11(13)14-10-5-3-2-4-6-10/h2-6,9H,7-8H2,1H3/t9-/m1/s1. The molecule has 0 aliphatic heterocycles. The number of alkyl halides is 1. The third kappa shape index (κ3) is 4.42. The Kier molecular flexibility index (Phi) is 4.66. The molecule has 0 spiro atoms. The molecule has 0 saturated heterocycles. The summed E-state index contributed by atoms with van der Waals surface area (Å²) in [5.74, 6) is 0.433. The molecule has 0 aliphatic carbocycles. The Hall–Kier alpha value is -0.830. The quantitative estimate of drug-likeness (QED) is 0.470. The third-order valence-corrected chi connectivity index (χ3v) is 2.18. The Morgan fingerprint density at radius 2 is 2.07 bits per heavy atom. The van der Waals surface area contributed by atoms with E-state index in [1.165, 1.54) is 0 Å². The molecule has 76 valence electrons. The summed E-state index contributed by atoms with van der Waals surface area (Å²) in [6.07, 6.45) is 1.24. The predicted octanol–water partition coefficient (Wildman–Crippen LogP) is 3.16. The van der Waals surface area contributed by atoms with Gasteiger partial charge in [0.05, 0.1) is 0 Å². The van der Waals surface area contributed by atoms with E-state index in [4.69, 9.17) is 4.74 Å². The Labute approximate surface area is 92.4 Å². The third-order valence-electron chi connectivity index (χ3n) is 1.72. The van der Waals surface area contributed by atoms with E-state index in [-0.39, 0.29) is 5.97 Å². The van der Waals surface area contributed by atoms with Crippen molar-refractivity contribution in [2.24, 2.45) is 0 Å². The summed E-state index contributed by atoms with van der Waals surface area (Å²) in [4.78, 5) is 11.6. The van der Waals surface area contributed by atoms with Crippen molar-refractivity contribution in [2.45, 2.75) is 24.6 Å². The summed E-state index contributed by atoms with van der Waals surface area (Å²) >= 11 is 3.38. The number of ether oxygens (including phenoxy) is 1. The molecular weight excluding hydrogens is 244 g/mol. The van der Waals surface area contributed by atoms with Crippen LogP contribution in [-0.2, 0) is 4.79 Å². The highest BCUT2D eigenvalue weighted by Gasteiger charge is 2.05. The number of para-hydroxylation sites is 1. The van der Waals surface area contributed by atoms with E-state index >= 15 is 0 Å². The second kappa shape index (κ2) is 5.81. The zero-order valence-electron chi connectivity index (χ0n) is 8.07. The highest BCUT2D eigenvalue weighted by Crippen LogP contribution is 2.11. The molecule has 0 saturated carbocycles.